The molecule has 5 heterocycles. The van der Waals surface area contributed by atoms with Crippen molar-refractivity contribution in [2.45, 2.75) is 87.0 Å². The summed E-state index contributed by atoms with van der Waals surface area (Å²) in [6.45, 7) is 14.6. The summed E-state index contributed by atoms with van der Waals surface area (Å²) in [7, 11) is 0. The van der Waals surface area contributed by atoms with Gasteiger partial charge in [0.05, 0.1) is 22.8 Å². The second-order valence-electron chi connectivity index (χ2n) is 11.6. The summed E-state index contributed by atoms with van der Waals surface area (Å²) in [5, 5.41) is 19.0. The number of nitrogens with zero attached hydrogens (tertiary/aromatic N) is 2. The summed E-state index contributed by atoms with van der Waals surface area (Å²) >= 11 is 0. The molecule has 0 unspecified atom stereocenters. The van der Waals surface area contributed by atoms with Crippen LogP contribution in [-0.2, 0) is 22.4 Å². The van der Waals surface area contributed by atoms with Crippen molar-refractivity contribution in [3.8, 4) is 0 Å². The highest BCUT2D eigenvalue weighted by molar-refractivity contribution is 5.97. The van der Waals surface area contributed by atoms with Crippen molar-refractivity contribution in [1.29, 1.82) is 0 Å². The first-order valence-electron chi connectivity index (χ1n) is 15.0. The van der Waals surface area contributed by atoms with Crippen LogP contribution in [0.5, 0.6) is 0 Å². The topological polar surface area (TPSA) is 132 Å². The van der Waals surface area contributed by atoms with Crippen LogP contribution in [0.1, 0.15) is 104 Å². The van der Waals surface area contributed by atoms with Crippen LogP contribution in [0.4, 0.5) is 0 Å². The maximum absolute atomic E-state index is 11.6. The molecule has 4 N–H and O–H groups in total. The fourth-order valence-corrected chi connectivity index (χ4v) is 6.56. The van der Waals surface area contributed by atoms with Crippen molar-refractivity contribution >= 4 is 56.3 Å². The minimum absolute atomic E-state index is 0.000978. The first-order chi connectivity index (χ1) is 20.4. The van der Waals surface area contributed by atoms with E-state index in [2.05, 4.69) is 49.8 Å². The van der Waals surface area contributed by atoms with Gasteiger partial charge in [-0.1, -0.05) is 13.8 Å². The number of aromatic amines is 2. The van der Waals surface area contributed by atoms with Gasteiger partial charge in [0, 0.05) is 40.5 Å². The predicted molar refractivity (Wildman–Crippen MR) is 173 cm³/mol. The number of aryl methyl sites for hydroxylation is 4. The number of fused-ring (bicyclic) bond motifs is 8. The third-order valence-corrected chi connectivity index (χ3v) is 9.05. The van der Waals surface area contributed by atoms with Crippen LogP contribution in [-0.4, -0.2) is 42.1 Å². The summed E-state index contributed by atoms with van der Waals surface area (Å²) in [6, 6.07) is 6.21. The van der Waals surface area contributed by atoms with Crippen LogP contribution in [0.3, 0.4) is 0 Å². The van der Waals surface area contributed by atoms with E-state index >= 15 is 0 Å². The fourth-order valence-electron chi connectivity index (χ4n) is 6.56. The summed E-state index contributed by atoms with van der Waals surface area (Å²) in [5.74, 6) is -1.72. The Bertz CT molecular complexity index is 1900. The van der Waals surface area contributed by atoms with Crippen LogP contribution in [0.25, 0.3) is 44.4 Å². The van der Waals surface area contributed by atoms with E-state index < -0.39 is 11.9 Å². The SMILES string of the molecule is CCC1=C(C)c2cc3[nH]c(cc4[nH]c(cc5nc(c(C)c1n2)C(C)=C5CCC(=O)O)c(CCC(=O)O)c4C)c(C)c3CC. The van der Waals surface area contributed by atoms with Crippen LogP contribution >= 0.6 is 0 Å². The summed E-state index contributed by atoms with van der Waals surface area (Å²) < 4.78 is 0. The Balaban J connectivity index is 1.97. The normalized spacial score (nSPS) is 13.3. The van der Waals surface area contributed by atoms with Crippen molar-refractivity contribution in [3.63, 3.8) is 0 Å². The highest BCUT2D eigenvalue weighted by Crippen LogP contribution is 2.39. The Kier molecular flexibility index (Phi) is 8.14. The van der Waals surface area contributed by atoms with Gasteiger partial charge in [-0.2, -0.15) is 0 Å². The molecular formula is C35H40N4O4. The lowest BCUT2D eigenvalue weighted by Gasteiger charge is -2.06. The maximum atomic E-state index is 11.6. The molecule has 0 radical (unpaired) electrons. The average Bonchev–Trinajstić information content (AvgIpc) is 3.63. The molecule has 0 atom stereocenters. The number of hydrogen-bond donors (Lipinski definition) is 4. The third kappa shape index (κ3) is 5.42. The number of allylic oxidation sites excluding steroid dienone is 4. The monoisotopic (exact) mass is 580 g/mol. The summed E-state index contributed by atoms with van der Waals surface area (Å²) in [6.07, 6.45) is 2.38. The van der Waals surface area contributed by atoms with E-state index in [1.54, 1.807) is 0 Å². The highest BCUT2D eigenvalue weighted by atomic mass is 16.4. The second-order valence-corrected chi connectivity index (χ2v) is 11.6. The first kappa shape index (κ1) is 30.0. The molecule has 3 aromatic rings. The lowest BCUT2D eigenvalue weighted by Crippen LogP contribution is -1.98. The smallest absolute Gasteiger partial charge is 0.303 e. The Labute approximate surface area is 251 Å². The van der Waals surface area contributed by atoms with E-state index in [-0.39, 0.29) is 12.8 Å². The van der Waals surface area contributed by atoms with Crippen molar-refractivity contribution in [2.75, 3.05) is 0 Å². The van der Waals surface area contributed by atoms with Gasteiger partial charge in [0.2, 0.25) is 0 Å². The molecule has 0 aliphatic carbocycles. The Hall–Kier alpha value is -4.46. The van der Waals surface area contributed by atoms with Crippen LogP contribution < -0.4 is 0 Å². The zero-order valence-electron chi connectivity index (χ0n) is 26.1. The van der Waals surface area contributed by atoms with Crippen LogP contribution in [0.2, 0.25) is 0 Å². The lowest BCUT2D eigenvalue weighted by molar-refractivity contribution is -0.137. The fraction of sp³-hybridized carbons (Fsp3) is 0.371. The molecule has 0 amide bonds. The molecule has 8 heteroatoms. The zero-order chi connectivity index (χ0) is 31.2. The highest BCUT2D eigenvalue weighted by Gasteiger charge is 2.24. The van der Waals surface area contributed by atoms with Gasteiger partial charge < -0.3 is 20.2 Å². The van der Waals surface area contributed by atoms with Gasteiger partial charge in [0.25, 0.3) is 0 Å². The van der Waals surface area contributed by atoms with E-state index in [4.69, 9.17) is 9.97 Å². The van der Waals surface area contributed by atoms with E-state index in [1.807, 2.05) is 26.8 Å². The molecule has 3 aromatic heterocycles. The Morgan fingerprint density at radius 3 is 1.79 bits per heavy atom. The van der Waals surface area contributed by atoms with Gasteiger partial charge in [0.15, 0.2) is 0 Å². The standard InChI is InChI=1S/C35H40N4O4/c1-8-22-17(3)26-14-27-19(5)24(10-12-32(40)41)30(37-27)16-31-25(11-13-33(42)43)20(6)34(39-31)21(7)35-23(9-2)18(4)28(38-35)15-29(22)36-26/h14-16,36-37H,8-13H2,1-7H3,(H,40,41)(H,42,43). The third-order valence-electron chi connectivity index (χ3n) is 9.05. The number of carboxylic acids is 2. The molecule has 43 heavy (non-hydrogen) atoms. The van der Waals surface area contributed by atoms with Gasteiger partial charge in [-0.3, -0.25) is 9.59 Å². The number of H-pyrrole nitrogens is 2. The molecule has 8 bridgehead atoms. The molecule has 2 aliphatic heterocycles. The number of hydrogen-bond acceptors (Lipinski definition) is 4. The minimum Gasteiger partial charge on any atom is -0.481 e. The number of carboxylic acid groups (broad SMARTS) is 2. The quantitative estimate of drug-likeness (QED) is 0.214. The molecule has 0 saturated heterocycles. The Morgan fingerprint density at radius 2 is 1.19 bits per heavy atom. The van der Waals surface area contributed by atoms with Crippen molar-refractivity contribution in [1.82, 2.24) is 19.9 Å². The van der Waals surface area contributed by atoms with Gasteiger partial charge in [-0.05, 0) is 123 Å². The second kappa shape index (κ2) is 11.7. The number of rotatable bonds is 8. The molecule has 8 nitrogen and oxygen atoms in total. The van der Waals surface area contributed by atoms with Gasteiger partial charge >= 0.3 is 11.9 Å². The first-order valence-corrected chi connectivity index (χ1v) is 15.0. The lowest BCUT2D eigenvalue weighted by atomic mass is 9.96. The molecule has 0 aromatic carbocycles. The summed E-state index contributed by atoms with van der Waals surface area (Å²) in [4.78, 5) is 40.7. The van der Waals surface area contributed by atoms with E-state index in [9.17, 15) is 19.8 Å². The van der Waals surface area contributed by atoms with E-state index in [1.165, 1.54) is 16.7 Å². The van der Waals surface area contributed by atoms with E-state index in [0.717, 1.165) is 85.4 Å². The molecule has 2 aliphatic rings. The van der Waals surface area contributed by atoms with Crippen molar-refractivity contribution in [3.05, 3.63) is 68.8 Å². The number of aliphatic carboxylic acids is 2. The number of aromatic nitrogens is 4. The van der Waals surface area contributed by atoms with Gasteiger partial charge in [-0.25, -0.2) is 9.97 Å². The minimum atomic E-state index is -0.865. The van der Waals surface area contributed by atoms with Crippen LogP contribution in [0.15, 0.2) is 18.2 Å². The zero-order valence-corrected chi connectivity index (χ0v) is 26.1. The predicted octanol–water partition coefficient (Wildman–Crippen LogP) is 7.96. The number of nitrogens with one attached hydrogen (secondary N) is 2. The Morgan fingerprint density at radius 1 is 0.628 bits per heavy atom. The molecular weight excluding hydrogens is 540 g/mol. The molecule has 0 fully saturated rings. The van der Waals surface area contributed by atoms with E-state index in [0.29, 0.717) is 18.5 Å². The molecule has 224 valence electrons. The largest absolute Gasteiger partial charge is 0.481 e. The van der Waals surface area contributed by atoms with Crippen molar-refractivity contribution in [2.24, 2.45) is 0 Å². The molecule has 0 saturated carbocycles. The van der Waals surface area contributed by atoms with Gasteiger partial charge in [0.1, 0.15) is 0 Å². The summed E-state index contributed by atoms with van der Waals surface area (Å²) in [5.41, 5.74) is 16.5. The average molecular weight is 581 g/mol. The van der Waals surface area contributed by atoms with Crippen molar-refractivity contribution < 1.29 is 19.8 Å². The maximum Gasteiger partial charge on any atom is 0.303 e. The van der Waals surface area contributed by atoms with Gasteiger partial charge in [-0.15, -0.1) is 0 Å². The number of carbonyl (C=O) groups is 2. The van der Waals surface area contributed by atoms with Crippen LogP contribution in [0, 0.1) is 20.8 Å². The molecule has 0 spiro atoms. The molecule has 5 rings (SSSR count).